The fourth-order valence-electron chi connectivity index (χ4n) is 2.78. The smallest absolute Gasteiger partial charge is 0.177 e. The summed E-state index contributed by atoms with van der Waals surface area (Å²) in [5.41, 5.74) is 0. The number of hydrogen-bond acceptors (Lipinski definition) is 2. The second-order valence-electron chi connectivity index (χ2n) is 5.48. The lowest BCUT2D eigenvalue weighted by molar-refractivity contribution is 0.441. The first-order valence-electron chi connectivity index (χ1n) is 7.40. The molecule has 0 amide bonds. The van der Waals surface area contributed by atoms with Crippen molar-refractivity contribution in [1.82, 2.24) is 0 Å². The molecule has 0 bridgehead atoms. The Labute approximate surface area is 136 Å². The van der Waals surface area contributed by atoms with Crippen molar-refractivity contribution < 1.29 is 18.6 Å². The van der Waals surface area contributed by atoms with Gasteiger partial charge in [0.1, 0.15) is 17.3 Å². The van der Waals surface area contributed by atoms with Gasteiger partial charge in [0.2, 0.25) is 0 Å². The van der Waals surface area contributed by atoms with Crippen LogP contribution >= 0.6 is 0 Å². The van der Waals surface area contributed by atoms with E-state index in [1.54, 1.807) is 42.5 Å². The molecule has 4 aromatic carbocycles. The maximum absolute atomic E-state index is 14.6. The molecule has 0 heterocycles. The van der Waals surface area contributed by atoms with Crippen LogP contribution in [0.2, 0.25) is 0 Å². The van der Waals surface area contributed by atoms with E-state index < -0.39 is 5.82 Å². The molecule has 0 aromatic heterocycles. The summed E-state index contributed by atoms with van der Waals surface area (Å²) in [7, 11) is 0. The van der Waals surface area contributed by atoms with E-state index in [4.69, 9.17) is 4.74 Å². The molecule has 24 heavy (non-hydrogen) atoms. The summed E-state index contributed by atoms with van der Waals surface area (Å²) in [5, 5.41) is 11.7. The lowest BCUT2D eigenvalue weighted by atomic mass is 10.1. The van der Waals surface area contributed by atoms with Gasteiger partial charge in [-0.2, -0.15) is 0 Å². The van der Waals surface area contributed by atoms with Gasteiger partial charge in [-0.15, -0.1) is 0 Å². The third-order valence-electron chi connectivity index (χ3n) is 3.95. The van der Waals surface area contributed by atoms with E-state index in [9.17, 15) is 13.9 Å². The van der Waals surface area contributed by atoms with E-state index in [1.165, 1.54) is 24.3 Å². The molecule has 0 saturated carbocycles. The first-order chi connectivity index (χ1) is 11.6. The Bertz CT molecular complexity index is 1070. The number of ether oxygens (including phenoxy) is 1. The van der Waals surface area contributed by atoms with Gasteiger partial charge in [-0.05, 0) is 41.1 Å². The number of rotatable bonds is 2. The molecule has 2 nitrogen and oxygen atoms in total. The van der Waals surface area contributed by atoms with Crippen LogP contribution < -0.4 is 4.74 Å². The molecular formula is C20H12F2O2. The van der Waals surface area contributed by atoms with E-state index >= 15 is 0 Å². The van der Waals surface area contributed by atoms with Gasteiger partial charge in [0, 0.05) is 5.39 Å². The van der Waals surface area contributed by atoms with Crippen LogP contribution in [-0.4, -0.2) is 5.11 Å². The largest absolute Gasteiger partial charge is 0.507 e. The van der Waals surface area contributed by atoms with Gasteiger partial charge in [-0.1, -0.05) is 36.4 Å². The Balaban J connectivity index is 1.81. The number of aromatic hydroxyl groups is 1. The van der Waals surface area contributed by atoms with Crippen LogP contribution in [0.4, 0.5) is 8.78 Å². The molecule has 0 fully saturated rings. The number of hydrogen-bond donors (Lipinski definition) is 1. The van der Waals surface area contributed by atoms with Gasteiger partial charge in [0.25, 0.3) is 0 Å². The van der Waals surface area contributed by atoms with Crippen LogP contribution in [0, 0.1) is 11.6 Å². The number of benzene rings is 4. The monoisotopic (exact) mass is 322 g/mol. The molecule has 4 heteroatoms. The molecule has 4 aromatic rings. The minimum absolute atomic E-state index is 0.0281. The second kappa shape index (κ2) is 5.49. The molecule has 1 N–H and O–H groups in total. The lowest BCUT2D eigenvalue weighted by Crippen LogP contribution is -1.91. The molecule has 0 aliphatic carbocycles. The Morgan fingerprint density at radius 3 is 2.42 bits per heavy atom. The summed E-state index contributed by atoms with van der Waals surface area (Å²) >= 11 is 0. The number of phenolic OH excluding ortho intramolecular Hbond substituents is 1. The van der Waals surface area contributed by atoms with Crippen LogP contribution in [0.15, 0.2) is 66.7 Å². The van der Waals surface area contributed by atoms with Crippen molar-refractivity contribution in [3.05, 3.63) is 78.4 Å². The topological polar surface area (TPSA) is 29.5 Å². The highest BCUT2D eigenvalue weighted by molar-refractivity contribution is 5.90. The highest BCUT2D eigenvalue weighted by Crippen LogP contribution is 2.35. The van der Waals surface area contributed by atoms with Crippen molar-refractivity contribution in [3.63, 3.8) is 0 Å². The van der Waals surface area contributed by atoms with E-state index in [1.807, 2.05) is 0 Å². The summed E-state index contributed by atoms with van der Waals surface area (Å²) in [6.07, 6.45) is 0. The van der Waals surface area contributed by atoms with Gasteiger partial charge >= 0.3 is 0 Å². The molecule has 0 aliphatic rings. The zero-order chi connectivity index (χ0) is 16.7. The second-order valence-corrected chi connectivity index (χ2v) is 5.48. The van der Waals surface area contributed by atoms with E-state index in [0.29, 0.717) is 16.5 Å². The van der Waals surface area contributed by atoms with E-state index in [0.717, 1.165) is 5.39 Å². The number of phenols is 1. The van der Waals surface area contributed by atoms with Crippen molar-refractivity contribution in [3.8, 4) is 17.2 Å². The van der Waals surface area contributed by atoms with Gasteiger partial charge in [-0.25, -0.2) is 8.78 Å². The summed E-state index contributed by atoms with van der Waals surface area (Å²) in [4.78, 5) is 0. The normalized spacial score (nSPS) is 11.1. The molecule has 0 unspecified atom stereocenters. The van der Waals surface area contributed by atoms with Gasteiger partial charge in [-0.3, -0.25) is 0 Å². The molecule has 0 radical (unpaired) electrons. The Hall–Kier alpha value is -3.14. The molecule has 0 spiro atoms. The van der Waals surface area contributed by atoms with Crippen molar-refractivity contribution in [2.75, 3.05) is 0 Å². The van der Waals surface area contributed by atoms with Crippen LogP contribution in [0.25, 0.3) is 21.5 Å². The fraction of sp³-hybridized carbons (Fsp3) is 0. The van der Waals surface area contributed by atoms with Crippen molar-refractivity contribution in [2.45, 2.75) is 0 Å². The molecule has 0 aliphatic heterocycles. The van der Waals surface area contributed by atoms with Gasteiger partial charge in [0.05, 0.1) is 5.39 Å². The minimum Gasteiger partial charge on any atom is -0.507 e. The first kappa shape index (κ1) is 14.5. The lowest BCUT2D eigenvalue weighted by Gasteiger charge is -2.10. The number of fused-ring (bicyclic) bond motifs is 2. The van der Waals surface area contributed by atoms with Crippen LogP contribution in [-0.2, 0) is 0 Å². The Kier molecular flexibility index (Phi) is 3.31. The SMILES string of the molecule is Oc1cccc2ccc(Oc3ccc4cccc(F)c4c3)c(F)c12. The third-order valence-corrected chi connectivity index (χ3v) is 3.95. The Morgan fingerprint density at radius 1 is 0.792 bits per heavy atom. The predicted molar refractivity (Wildman–Crippen MR) is 89.6 cm³/mol. The van der Waals surface area contributed by atoms with Gasteiger partial charge in [0.15, 0.2) is 11.6 Å². The third kappa shape index (κ3) is 2.33. The highest BCUT2D eigenvalue weighted by Gasteiger charge is 2.13. The molecule has 4 rings (SSSR count). The van der Waals surface area contributed by atoms with E-state index in [-0.39, 0.29) is 22.7 Å². The average Bonchev–Trinajstić information content (AvgIpc) is 2.58. The highest BCUT2D eigenvalue weighted by atomic mass is 19.1. The molecule has 0 saturated heterocycles. The predicted octanol–water partition coefficient (Wildman–Crippen LogP) is 5.77. The van der Waals surface area contributed by atoms with E-state index in [2.05, 4.69) is 0 Å². The zero-order valence-corrected chi connectivity index (χ0v) is 12.5. The summed E-state index contributed by atoms with van der Waals surface area (Å²) in [5.74, 6) is -0.880. The Morgan fingerprint density at radius 2 is 1.54 bits per heavy atom. The van der Waals surface area contributed by atoms with Crippen molar-refractivity contribution in [1.29, 1.82) is 0 Å². The maximum atomic E-state index is 14.6. The zero-order valence-electron chi connectivity index (χ0n) is 12.5. The quantitative estimate of drug-likeness (QED) is 0.508. The van der Waals surface area contributed by atoms with Crippen LogP contribution in [0.5, 0.6) is 17.2 Å². The van der Waals surface area contributed by atoms with Crippen molar-refractivity contribution in [2.24, 2.45) is 0 Å². The first-order valence-corrected chi connectivity index (χ1v) is 7.40. The standard InChI is InChI=1S/C20H12F2O2/c21-16-5-1-3-12-7-9-14(11-15(12)16)24-18-10-8-13-4-2-6-17(23)19(13)20(18)22/h1-11,23H. The summed E-state index contributed by atoms with van der Waals surface area (Å²) in [6, 6.07) is 17.6. The average molecular weight is 322 g/mol. The molecular weight excluding hydrogens is 310 g/mol. The minimum atomic E-state index is -0.653. The molecule has 0 atom stereocenters. The number of halogens is 2. The molecule has 118 valence electrons. The fourth-order valence-corrected chi connectivity index (χ4v) is 2.78. The summed E-state index contributed by atoms with van der Waals surface area (Å²) < 4.78 is 34.1. The maximum Gasteiger partial charge on any atom is 0.177 e. The van der Waals surface area contributed by atoms with Crippen molar-refractivity contribution >= 4 is 21.5 Å². The van der Waals surface area contributed by atoms with Crippen LogP contribution in [0.3, 0.4) is 0 Å². The summed E-state index contributed by atoms with van der Waals surface area (Å²) in [6.45, 7) is 0. The van der Waals surface area contributed by atoms with Gasteiger partial charge < -0.3 is 9.84 Å². The van der Waals surface area contributed by atoms with Crippen LogP contribution in [0.1, 0.15) is 0 Å².